The highest BCUT2D eigenvalue weighted by Crippen LogP contribution is 2.27. The summed E-state index contributed by atoms with van der Waals surface area (Å²) in [6.45, 7) is 10.3. The third-order valence-electron chi connectivity index (χ3n) is 7.01. The number of sulfonamides is 1. The summed E-state index contributed by atoms with van der Waals surface area (Å²) < 4.78 is 34.7. The third-order valence-corrected chi connectivity index (χ3v) is 8.80. The Morgan fingerprint density at radius 3 is 2.00 bits per heavy atom. The van der Waals surface area contributed by atoms with Crippen molar-refractivity contribution in [1.29, 1.82) is 0 Å². The second-order valence-corrected chi connectivity index (χ2v) is 12.2. The molecule has 0 aliphatic heterocycles. The van der Waals surface area contributed by atoms with E-state index in [1.807, 2.05) is 58.9 Å². The van der Waals surface area contributed by atoms with Crippen LogP contribution in [0.2, 0.25) is 0 Å². The summed E-state index contributed by atoms with van der Waals surface area (Å²) in [6, 6.07) is 20.1. The largest absolute Gasteiger partial charge is 0.494 e. The van der Waals surface area contributed by atoms with Crippen molar-refractivity contribution in [3.8, 4) is 5.75 Å². The zero-order chi connectivity index (χ0) is 30.7. The maximum absolute atomic E-state index is 14.1. The lowest BCUT2D eigenvalue weighted by atomic mass is 10.1. The van der Waals surface area contributed by atoms with Gasteiger partial charge in [0.1, 0.15) is 18.3 Å². The number of aryl methyl sites for hydroxylation is 2. The van der Waals surface area contributed by atoms with Crippen LogP contribution < -0.4 is 14.4 Å². The number of nitrogens with zero attached hydrogens (tertiary/aromatic N) is 2. The number of anilines is 1. The first-order valence-electron chi connectivity index (χ1n) is 14.6. The number of carbonyl (C=O) groups excluding carboxylic acids is 2. The highest BCUT2D eigenvalue weighted by atomic mass is 32.2. The number of hydrogen-bond acceptors (Lipinski definition) is 5. The van der Waals surface area contributed by atoms with E-state index in [0.29, 0.717) is 31.0 Å². The maximum atomic E-state index is 14.1. The number of nitrogens with one attached hydrogen (secondary N) is 1. The van der Waals surface area contributed by atoms with E-state index in [4.69, 9.17) is 4.74 Å². The van der Waals surface area contributed by atoms with E-state index in [1.54, 1.807) is 36.4 Å². The second kappa shape index (κ2) is 15.4. The Hall–Kier alpha value is -3.85. The molecule has 0 aliphatic rings. The van der Waals surface area contributed by atoms with E-state index in [9.17, 15) is 18.0 Å². The molecule has 8 nitrogen and oxygen atoms in total. The molecule has 0 saturated heterocycles. The Labute approximate surface area is 250 Å². The molecule has 1 atom stereocenters. The zero-order valence-electron chi connectivity index (χ0n) is 25.3. The lowest BCUT2D eigenvalue weighted by Gasteiger charge is -2.33. The number of carbonyl (C=O) groups is 2. The molecule has 0 aromatic heterocycles. The van der Waals surface area contributed by atoms with E-state index in [1.165, 1.54) is 17.0 Å². The van der Waals surface area contributed by atoms with Crippen molar-refractivity contribution >= 4 is 27.5 Å². The van der Waals surface area contributed by atoms with E-state index in [2.05, 4.69) is 5.32 Å². The summed E-state index contributed by atoms with van der Waals surface area (Å²) >= 11 is 0. The van der Waals surface area contributed by atoms with Crippen LogP contribution in [0.3, 0.4) is 0 Å². The molecule has 226 valence electrons. The first-order valence-corrected chi connectivity index (χ1v) is 16.0. The van der Waals surface area contributed by atoms with Gasteiger partial charge in [0.25, 0.3) is 10.0 Å². The van der Waals surface area contributed by atoms with Gasteiger partial charge in [-0.15, -0.1) is 0 Å². The van der Waals surface area contributed by atoms with Gasteiger partial charge in [0.05, 0.1) is 17.2 Å². The molecule has 2 amide bonds. The Morgan fingerprint density at radius 2 is 1.45 bits per heavy atom. The highest BCUT2D eigenvalue weighted by molar-refractivity contribution is 7.92. The van der Waals surface area contributed by atoms with Gasteiger partial charge >= 0.3 is 0 Å². The lowest BCUT2D eigenvalue weighted by Crippen LogP contribution is -2.52. The molecule has 3 aromatic rings. The molecule has 0 aliphatic carbocycles. The van der Waals surface area contributed by atoms with Gasteiger partial charge in [-0.2, -0.15) is 0 Å². The summed E-state index contributed by atoms with van der Waals surface area (Å²) in [5.74, 6) is -0.130. The zero-order valence-corrected chi connectivity index (χ0v) is 26.1. The smallest absolute Gasteiger partial charge is 0.264 e. The van der Waals surface area contributed by atoms with Crippen molar-refractivity contribution in [1.82, 2.24) is 10.2 Å². The van der Waals surface area contributed by atoms with E-state index < -0.39 is 28.5 Å². The fourth-order valence-electron chi connectivity index (χ4n) is 4.56. The average Bonchev–Trinajstić information content (AvgIpc) is 2.97. The highest BCUT2D eigenvalue weighted by Gasteiger charge is 2.33. The predicted octanol–water partition coefficient (Wildman–Crippen LogP) is 5.62. The molecule has 1 N–H and O–H groups in total. The quantitative estimate of drug-likeness (QED) is 0.231. The van der Waals surface area contributed by atoms with Gasteiger partial charge in [0, 0.05) is 13.1 Å². The fourth-order valence-corrected chi connectivity index (χ4v) is 5.97. The van der Waals surface area contributed by atoms with Crippen molar-refractivity contribution in [2.24, 2.45) is 0 Å². The van der Waals surface area contributed by atoms with Gasteiger partial charge in [0.15, 0.2) is 0 Å². The molecule has 0 saturated carbocycles. The van der Waals surface area contributed by atoms with Crippen LogP contribution >= 0.6 is 0 Å². The van der Waals surface area contributed by atoms with Crippen LogP contribution in [0, 0.1) is 13.8 Å². The Kier molecular flexibility index (Phi) is 12.0. The number of ether oxygens (including phenoxy) is 1. The van der Waals surface area contributed by atoms with Gasteiger partial charge in [0.2, 0.25) is 11.8 Å². The van der Waals surface area contributed by atoms with E-state index >= 15 is 0 Å². The normalized spacial score (nSPS) is 11.9. The number of benzene rings is 3. The van der Waals surface area contributed by atoms with Crippen molar-refractivity contribution in [3.63, 3.8) is 0 Å². The van der Waals surface area contributed by atoms with Crippen LogP contribution in [0.15, 0.2) is 77.7 Å². The number of amides is 2. The summed E-state index contributed by atoms with van der Waals surface area (Å²) in [7, 11) is -4.13. The molecule has 0 fully saturated rings. The SMILES string of the molecule is CCCCNC(=O)[C@@H](CC)N(Cc1ccc(C)cc1)C(=O)CN(c1ccc(OCC)cc1)S(=O)(=O)c1ccc(C)cc1. The molecule has 3 aromatic carbocycles. The summed E-state index contributed by atoms with van der Waals surface area (Å²) in [6.07, 6.45) is 2.13. The minimum absolute atomic E-state index is 0.0734. The molecule has 0 unspecified atom stereocenters. The Morgan fingerprint density at radius 1 is 0.857 bits per heavy atom. The minimum atomic E-state index is -4.13. The maximum Gasteiger partial charge on any atom is 0.264 e. The standard InChI is InChI=1S/C33H43N3O5S/c1-6-9-22-34-33(38)31(7-2)35(23-27-14-10-25(4)11-15-27)32(37)24-36(28-16-18-29(19-17-28)41-8-3)42(39,40)30-20-12-26(5)13-21-30/h10-21,31H,6-9,22-24H2,1-5H3,(H,34,38)/t31-/m1/s1. The molecular formula is C33H43N3O5S. The van der Waals surface area contributed by atoms with Gasteiger partial charge in [-0.05, 0) is 75.6 Å². The first-order chi connectivity index (χ1) is 20.1. The Balaban J connectivity index is 2.03. The lowest BCUT2D eigenvalue weighted by molar-refractivity contribution is -0.140. The van der Waals surface area contributed by atoms with Gasteiger partial charge < -0.3 is 15.0 Å². The monoisotopic (exact) mass is 593 g/mol. The minimum Gasteiger partial charge on any atom is -0.494 e. The van der Waals surface area contributed by atoms with Crippen molar-refractivity contribution in [3.05, 3.63) is 89.5 Å². The third kappa shape index (κ3) is 8.58. The van der Waals surface area contributed by atoms with E-state index in [0.717, 1.165) is 33.8 Å². The average molecular weight is 594 g/mol. The van der Waals surface area contributed by atoms with Crippen molar-refractivity contribution in [2.45, 2.75) is 71.4 Å². The van der Waals surface area contributed by atoms with Gasteiger partial charge in [-0.25, -0.2) is 8.42 Å². The fraction of sp³-hybridized carbons (Fsp3) is 0.394. The summed E-state index contributed by atoms with van der Waals surface area (Å²) in [5, 5.41) is 2.95. The van der Waals surface area contributed by atoms with Crippen LogP contribution in [0.25, 0.3) is 0 Å². The van der Waals surface area contributed by atoms with Crippen molar-refractivity contribution in [2.75, 3.05) is 24.0 Å². The van der Waals surface area contributed by atoms with Crippen molar-refractivity contribution < 1.29 is 22.7 Å². The van der Waals surface area contributed by atoms with Crippen LogP contribution in [0.5, 0.6) is 5.75 Å². The molecule has 3 rings (SSSR count). The van der Waals surface area contributed by atoms with Crippen LogP contribution in [0.4, 0.5) is 5.69 Å². The molecule has 0 heterocycles. The van der Waals surface area contributed by atoms with Crippen LogP contribution in [0.1, 0.15) is 56.7 Å². The number of rotatable bonds is 15. The number of hydrogen-bond donors (Lipinski definition) is 1. The predicted molar refractivity (Wildman–Crippen MR) is 167 cm³/mol. The molecular weight excluding hydrogens is 550 g/mol. The molecule has 0 spiro atoms. The van der Waals surface area contributed by atoms with Gasteiger partial charge in [-0.3, -0.25) is 13.9 Å². The second-order valence-electron chi connectivity index (χ2n) is 10.3. The molecule has 9 heteroatoms. The first kappa shape index (κ1) is 32.7. The number of unbranched alkanes of at least 4 members (excludes halogenated alkanes) is 1. The topological polar surface area (TPSA) is 96.0 Å². The van der Waals surface area contributed by atoms with E-state index in [-0.39, 0.29) is 17.3 Å². The molecule has 42 heavy (non-hydrogen) atoms. The van der Waals surface area contributed by atoms with Crippen LogP contribution in [-0.2, 0) is 26.2 Å². The summed E-state index contributed by atoms with van der Waals surface area (Å²) in [4.78, 5) is 29.0. The summed E-state index contributed by atoms with van der Waals surface area (Å²) in [5.41, 5.74) is 3.17. The van der Waals surface area contributed by atoms with Gasteiger partial charge in [-0.1, -0.05) is 67.8 Å². The molecule has 0 radical (unpaired) electrons. The Bertz CT molecular complexity index is 1410. The molecule has 0 bridgehead atoms. The van der Waals surface area contributed by atoms with Crippen LogP contribution in [-0.4, -0.2) is 50.9 Å².